The molecule has 0 saturated carbocycles. The molecule has 96 valence electrons. The largest absolute Gasteiger partial charge is 0.420 e. The molecule has 0 aliphatic heterocycles. The van der Waals surface area contributed by atoms with Crippen molar-refractivity contribution in [1.82, 2.24) is 4.57 Å². The van der Waals surface area contributed by atoms with Crippen molar-refractivity contribution in [2.24, 2.45) is 0 Å². The Kier molecular flexibility index (Phi) is 3.09. The molecule has 0 saturated heterocycles. The second kappa shape index (κ2) is 4.76. The average Bonchev–Trinajstić information content (AvgIpc) is 2.68. The fourth-order valence-corrected chi connectivity index (χ4v) is 2.25. The maximum atomic E-state index is 11.8. The molecule has 0 amide bonds. The summed E-state index contributed by atoms with van der Waals surface area (Å²) in [4.78, 5) is 11.8. The first-order valence-corrected chi connectivity index (χ1v) is 6.42. The van der Waals surface area contributed by atoms with Gasteiger partial charge in [-0.2, -0.15) is 0 Å². The normalized spacial score (nSPS) is 11.1. The van der Waals surface area contributed by atoms with E-state index >= 15 is 0 Å². The van der Waals surface area contributed by atoms with Gasteiger partial charge in [0.25, 0.3) is 0 Å². The van der Waals surface area contributed by atoms with Crippen molar-refractivity contribution in [1.29, 1.82) is 0 Å². The highest BCUT2D eigenvalue weighted by Gasteiger charge is 2.09. The van der Waals surface area contributed by atoms with E-state index in [1.54, 1.807) is 34.9 Å². The molecule has 1 heterocycles. The zero-order valence-electron chi connectivity index (χ0n) is 9.77. The Morgan fingerprint density at radius 2 is 1.68 bits per heavy atom. The van der Waals surface area contributed by atoms with Crippen LogP contribution in [0.3, 0.4) is 0 Å². The number of halogens is 2. The second-order valence-electron chi connectivity index (χ2n) is 4.19. The molecule has 0 aliphatic carbocycles. The molecular weight excluding hydrogens is 285 g/mol. The Bertz CT molecular complexity index is 787. The summed E-state index contributed by atoms with van der Waals surface area (Å²) >= 11 is 11.7. The summed E-state index contributed by atoms with van der Waals surface area (Å²) < 4.78 is 6.74. The molecule has 0 atom stereocenters. The number of oxazole rings is 1. The summed E-state index contributed by atoms with van der Waals surface area (Å²) in [5.41, 5.74) is 2.19. The number of aromatic nitrogens is 1. The van der Waals surface area contributed by atoms with Crippen molar-refractivity contribution >= 4 is 34.3 Å². The molecule has 5 heteroatoms. The van der Waals surface area contributed by atoms with Gasteiger partial charge in [0, 0.05) is 16.1 Å². The number of rotatable bonds is 2. The second-order valence-corrected chi connectivity index (χ2v) is 5.07. The van der Waals surface area contributed by atoms with Crippen LogP contribution < -0.4 is 5.76 Å². The molecule has 19 heavy (non-hydrogen) atoms. The van der Waals surface area contributed by atoms with Crippen LogP contribution in [0.4, 0.5) is 0 Å². The number of nitrogens with zero attached hydrogens (tertiary/aromatic N) is 1. The fraction of sp³-hybridized carbons (Fsp3) is 0.0714. The van der Waals surface area contributed by atoms with Crippen molar-refractivity contribution in [3.8, 4) is 0 Å². The summed E-state index contributed by atoms with van der Waals surface area (Å²) in [6.07, 6.45) is 0. The van der Waals surface area contributed by atoms with Gasteiger partial charge in [-0.15, -0.1) is 0 Å². The predicted octanol–water partition coefficient (Wildman–Crippen LogP) is 3.95. The topological polar surface area (TPSA) is 35.1 Å². The van der Waals surface area contributed by atoms with Gasteiger partial charge in [-0.25, -0.2) is 4.79 Å². The first-order chi connectivity index (χ1) is 9.13. The van der Waals surface area contributed by atoms with Crippen LogP contribution in [0, 0.1) is 0 Å². The van der Waals surface area contributed by atoms with E-state index in [1.807, 2.05) is 12.1 Å². The number of hydrogen-bond donors (Lipinski definition) is 0. The van der Waals surface area contributed by atoms with Gasteiger partial charge in [-0.3, -0.25) is 4.57 Å². The lowest BCUT2D eigenvalue weighted by molar-refractivity contribution is 0.518. The lowest BCUT2D eigenvalue weighted by Gasteiger charge is -2.02. The predicted molar refractivity (Wildman–Crippen MR) is 76.0 cm³/mol. The van der Waals surface area contributed by atoms with Gasteiger partial charge in [0.15, 0.2) is 5.58 Å². The first kappa shape index (κ1) is 12.3. The molecule has 3 aromatic rings. The molecule has 0 spiro atoms. The maximum absolute atomic E-state index is 11.8. The fourth-order valence-electron chi connectivity index (χ4n) is 1.96. The number of benzene rings is 2. The molecule has 3 rings (SSSR count). The van der Waals surface area contributed by atoms with E-state index in [0.717, 1.165) is 11.1 Å². The number of hydrogen-bond acceptors (Lipinski definition) is 2. The third-order valence-corrected chi connectivity index (χ3v) is 3.37. The third-order valence-electron chi connectivity index (χ3n) is 2.88. The van der Waals surface area contributed by atoms with E-state index in [2.05, 4.69) is 0 Å². The van der Waals surface area contributed by atoms with Crippen molar-refractivity contribution < 1.29 is 4.42 Å². The van der Waals surface area contributed by atoms with E-state index < -0.39 is 5.76 Å². The van der Waals surface area contributed by atoms with Gasteiger partial charge in [0.2, 0.25) is 0 Å². The third kappa shape index (κ3) is 2.39. The van der Waals surface area contributed by atoms with Crippen LogP contribution in [0.2, 0.25) is 10.0 Å². The van der Waals surface area contributed by atoms with Gasteiger partial charge < -0.3 is 4.42 Å². The molecule has 0 aliphatic rings. The molecule has 1 aromatic heterocycles. The van der Waals surface area contributed by atoms with E-state index in [4.69, 9.17) is 27.6 Å². The Hall–Kier alpha value is -1.71. The highest BCUT2D eigenvalue weighted by atomic mass is 35.5. The Balaban J connectivity index is 2.07. The molecule has 0 fully saturated rings. The molecule has 2 aromatic carbocycles. The van der Waals surface area contributed by atoms with Crippen LogP contribution >= 0.6 is 23.2 Å². The summed E-state index contributed by atoms with van der Waals surface area (Å²) in [6.45, 7) is 0.435. The molecule has 3 nitrogen and oxygen atoms in total. The van der Waals surface area contributed by atoms with Crippen LogP contribution in [-0.2, 0) is 6.54 Å². The van der Waals surface area contributed by atoms with Gasteiger partial charge in [0.05, 0.1) is 12.1 Å². The van der Waals surface area contributed by atoms with E-state index in [0.29, 0.717) is 22.2 Å². The SMILES string of the molecule is O=c1oc2cc(Cl)ccc2n1Cc1ccc(Cl)cc1. The summed E-state index contributed by atoms with van der Waals surface area (Å²) in [5, 5.41) is 1.21. The van der Waals surface area contributed by atoms with Crippen LogP contribution in [0.1, 0.15) is 5.56 Å². The minimum atomic E-state index is -0.396. The van der Waals surface area contributed by atoms with Crippen molar-refractivity contribution in [3.05, 3.63) is 68.6 Å². The van der Waals surface area contributed by atoms with E-state index in [-0.39, 0.29) is 0 Å². The standard InChI is InChI=1S/C14H9Cl2NO2/c15-10-3-1-9(2-4-10)8-17-12-6-5-11(16)7-13(12)19-14(17)18/h1-7H,8H2. The van der Waals surface area contributed by atoms with E-state index in [9.17, 15) is 4.79 Å². The Morgan fingerprint density at radius 3 is 2.42 bits per heavy atom. The zero-order chi connectivity index (χ0) is 13.4. The van der Waals surface area contributed by atoms with Crippen LogP contribution in [0.15, 0.2) is 51.7 Å². The minimum Gasteiger partial charge on any atom is -0.408 e. The van der Waals surface area contributed by atoms with Crippen LogP contribution in [0.5, 0.6) is 0 Å². The maximum Gasteiger partial charge on any atom is 0.420 e. The van der Waals surface area contributed by atoms with Crippen molar-refractivity contribution in [2.45, 2.75) is 6.54 Å². The summed E-state index contributed by atoms with van der Waals surface area (Å²) in [5.74, 6) is -0.396. The average molecular weight is 294 g/mol. The lowest BCUT2D eigenvalue weighted by Crippen LogP contribution is -2.14. The van der Waals surface area contributed by atoms with Crippen LogP contribution in [0.25, 0.3) is 11.1 Å². The highest BCUT2D eigenvalue weighted by Crippen LogP contribution is 2.19. The van der Waals surface area contributed by atoms with Gasteiger partial charge in [-0.1, -0.05) is 35.3 Å². The monoisotopic (exact) mass is 293 g/mol. The molecule has 0 radical (unpaired) electrons. The first-order valence-electron chi connectivity index (χ1n) is 5.67. The molecular formula is C14H9Cl2NO2. The zero-order valence-corrected chi connectivity index (χ0v) is 11.3. The Labute approximate surface area is 119 Å². The van der Waals surface area contributed by atoms with Crippen molar-refractivity contribution in [3.63, 3.8) is 0 Å². The smallest absolute Gasteiger partial charge is 0.408 e. The highest BCUT2D eigenvalue weighted by molar-refractivity contribution is 6.31. The molecule has 0 N–H and O–H groups in total. The molecule has 0 unspecified atom stereocenters. The van der Waals surface area contributed by atoms with Gasteiger partial charge >= 0.3 is 5.76 Å². The van der Waals surface area contributed by atoms with Crippen molar-refractivity contribution in [2.75, 3.05) is 0 Å². The molecule has 0 bridgehead atoms. The Morgan fingerprint density at radius 1 is 1.00 bits per heavy atom. The summed E-state index contributed by atoms with van der Waals surface area (Å²) in [7, 11) is 0. The summed E-state index contributed by atoms with van der Waals surface area (Å²) in [6, 6.07) is 12.5. The minimum absolute atomic E-state index is 0.396. The van der Waals surface area contributed by atoms with Crippen LogP contribution in [-0.4, -0.2) is 4.57 Å². The van der Waals surface area contributed by atoms with E-state index in [1.165, 1.54) is 0 Å². The van der Waals surface area contributed by atoms with Gasteiger partial charge in [0.1, 0.15) is 0 Å². The van der Waals surface area contributed by atoms with Gasteiger partial charge in [-0.05, 0) is 29.8 Å². The lowest BCUT2D eigenvalue weighted by atomic mass is 10.2. The number of fused-ring (bicyclic) bond motifs is 1. The quantitative estimate of drug-likeness (QED) is 0.717.